The number of thioether (sulfide) groups is 1. The van der Waals surface area contributed by atoms with Gasteiger partial charge in [-0.15, -0.1) is 11.8 Å². The number of rotatable bonds is 5. The van der Waals surface area contributed by atoms with Gasteiger partial charge in [0, 0.05) is 22.7 Å². The highest BCUT2D eigenvalue weighted by Crippen LogP contribution is 2.62. The van der Waals surface area contributed by atoms with Crippen molar-refractivity contribution in [2.45, 2.75) is 42.4 Å². The Kier molecular flexibility index (Phi) is 4.80. The number of hydrogen-bond acceptors (Lipinski definition) is 6. The molecule has 3 aliphatic heterocycles. The van der Waals surface area contributed by atoms with Gasteiger partial charge in [0.1, 0.15) is 0 Å². The van der Waals surface area contributed by atoms with E-state index in [1.807, 2.05) is 49.4 Å². The lowest BCUT2D eigenvalue weighted by molar-refractivity contribution is -0.130. The van der Waals surface area contributed by atoms with E-state index < -0.39 is 23.0 Å². The molecule has 3 saturated heterocycles. The molecular weight excluding hydrogens is 446 g/mol. The summed E-state index contributed by atoms with van der Waals surface area (Å²) in [6, 6.07) is 18.9. The summed E-state index contributed by atoms with van der Waals surface area (Å²) >= 11 is 1.65. The smallest absolute Gasteiger partial charge is 0.240 e. The number of aromatic nitrogens is 1. The highest BCUT2D eigenvalue weighted by atomic mass is 32.2. The van der Waals surface area contributed by atoms with Gasteiger partial charge in [-0.05, 0) is 50.5 Å². The van der Waals surface area contributed by atoms with Crippen LogP contribution < -0.4 is 4.90 Å². The molecule has 0 saturated carbocycles. The zero-order valence-corrected chi connectivity index (χ0v) is 19.5. The minimum Gasteiger partial charge on any atom is -0.367 e. The molecule has 2 aromatic carbocycles. The standard InChI is InChI=1S/C27H23N3O3S/c1-26-11-12-27(33-26,13-15-34-21-8-4-5-14-29-21)23-22(26)24(31)30(25(23)32)20-10-9-17(16-28)18-6-2-3-7-19(18)20/h2-10,14,22-23H,11-13,15H2,1H3. The van der Waals surface area contributed by atoms with Gasteiger partial charge in [0.05, 0.1) is 45.4 Å². The molecule has 1 aromatic heterocycles. The molecule has 0 N–H and O–H groups in total. The molecule has 4 unspecified atom stereocenters. The van der Waals surface area contributed by atoms with Crippen LogP contribution in [0.15, 0.2) is 65.8 Å². The Morgan fingerprint density at radius 2 is 1.82 bits per heavy atom. The number of carbonyl (C=O) groups is 2. The lowest BCUT2D eigenvalue weighted by atomic mass is 9.67. The van der Waals surface area contributed by atoms with Crippen LogP contribution in [0.3, 0.4) is 0 Å². The van der Waals surface area contributed by atoms with Crippen molar-refractivity contribution in [3.8, 4) is 6.07 Å². The summed E-state index contributed by atoms with van der Waals surface area (Å²) in [5.74, 6) is -0.583. The van der Waals surface area contributed by atoms with Crippen molar-refractivity contribution in [3.05, 3.63) is 66.4 Å². The van der Waals surface area contributed by atoms with Crippen LogP contribution in [-0.2, 0) is 14.3 Å². The van der Waals surface area contributed by atoms with Crippen LogP contribution >= 0.6 is 11.8 Å². The molecule has 0 spiro atoms. The highest BCUT2D eigenvalue weighted by molar-refractivity contribution is 7.99. The number of nitriles is 1. The van der Waals surface area contributed by atoms with Crippen molar-refractivity contribution in [2.75, 3.05) is 10.7 Å². The third-order valence-corrected chi connectivity index (χ3v) is 8.63. The molecule has 2 bridgehead atoms. The molecule has 6 rings (SSSR count). The minimum atomic E-state index is -0.635. The van der Waals surface area contributed by atoms with Gasteiger partial charge in [-0.1, -0.05) is 30.3 Å². The second-order valence-corrected chi connectivity index (χ2v) is 10.6. The average molecular weight is 470 g/mol. The molecular formula is C27H23N3O3S. The molecule has 4 heterocycles. The molecule has 6 nitrogen and oxygen atoms in total. The number of amides is 2. The number of anilines is 1. The van der Waals surface area contributed by atoms with Crippen LogP contribution in [0.1, 0.15) is 31.7 Å². The first-order chi connectivity index (χ1) is 16.5. The number of imide groups is 1. The minimum absolute atomic E-state index is 0.184. The summed E-state index contributed by atoms with van der Waals surface area (Å²) in [7, 11) is 0. The van der Waals surface area contributed by atoms with Gasteiger partial charge < -0.3 is 4.74 Å². The van der Waals surface area contributed by atoms with E-state index in [2.05, 4.69) is 11.1 Å². The molecule has 7 heteroatoms. The number of carbonyl (C=O) groups excluding carboxylic acids is 2. The topological polar surface area (TPSA) is 83.3 Å². The Labute approximate surface area is 201 Å². The van der Waals surface area contributed by atoms with Crippen LogP contribution in [0.2, 0.25) is 0 Å². The lowest BCUT2D eigenvalue weighted by Crippen LogP contribution is -2.42. The fourth-order valence-electron chi connectivity index (χ4n) is 6.18. The monoisotopic (exact) mass is 469 g/mol. The summed E-state index contributed by atoms with van der Waals surface area (Å²) in [5, 5.41) is 11.9. The molecule has 170 valence electrons. The Hall–Kier alpha value is -3.21. The predicted molar refractivity (Wildman–Crippen MR) is 129 cm³/mol. The Morgan fingerprint density at radius 1 is 1.06 bits per heavy atom. The maximum absolute atomic E-state index is 13.9. The van der Waals surface area contributed by atoms with E-state index in [-0.39, 0.29) is 11.8 Å². The van der Waals surface area contributed by atoms with E-state index in [0.29, 0.717) is 17.7 Å². The van der Waals surface area contributed by atoms with Crippen LogP contribution in [0.4, 0.5) is 5.69 Å². The van der Waals surface area contributed by atoms with Crippen molar-refractivity contribution in [2.24, 2.45) is 11.8 Å². The summed E-state index contributed by atoms with van der Waals surface area (Å²) < 4.78 is 6.56. The maximum Gasteiger partial charge on any atom is 0.240 e. The number of pyridine rings is 1. The Morgan fingerprint density at radius 3 is 2.59 bits per heavy atom. The molecule has 4 atom stereocenters. The van der Waals surface area contributed by atoms with Gasteiger partial charge in [-0.2, -0.15) is 5.26 Å². The second-order valence-electron chi connectivity index (χ2n) is 9.50. The first-order valence-electron chi connectivity index (χ1n) is 11.5. The van der Waals surface area contributed by atoms with Crippen molar-refractivity contribution >= 4 is 40.0 Å². The van der Waals surface area contributed by atoms with E-state index >= 15 is 0 Å². The predicted octanol–water partition coefficient (Wildman–Crippen LogP) is 4.72. The van der Waals surface area contributed by atoms with Gasteiger partial charge in [-0.3, -0.25) is 9.59 Å². The maximum atomic E-state index is 13.9. The summed E-state index contributed by atoms with van der Waals surface area (Å²) in [5.41, 5.74) is -0.188. The molecule has 3 fully saturated rings. The normalized spacial score (nSPS) is 29.6. The van der Waals surface area contributed by atoms with Crippen molar-refractivity contribution < 1.29 is 14.3 Å². The third-order valence-electron chi connectivity index (χ3n) is 7.69. The van der Waals surface area contributed by atoms with E-state index in [1.54, 1.807) is 30.1 Å². The number of benzene rings is 2. The molecule has 3 aromatic rings. The Bertz CT molecular complexity index is 1370. The molecule has 34 heavy (non-hydrogen) atoms. The van der Waals surface area contributed by atoms with Crippen LogP contribution in [0.25, 0.3) is 10.8 Å². The van der Waals surface area contributed by atoms with Crippen molar-refractivity contribution in [1.82, 2.24) is 4.98 Å². The van der Waals surface area contributed by atoms with Crippen molar-refractivity contribution in [1.29, 1.82) is 5.26 Å². The van der Waals surface area contributed by atoms with Crippen LogP contribution in [0.5, 0.6) is 0 Å². The first kappa shape index (κ1) is 21.3. The molecule has 3 aliphatic rings. The Balaban J connectivity index is 1.35. The molecule has 2 amide bonds. The number of ether oxygens (including phenoxy) is 1. The molecule has 0 aliphatic carbocycles. The van der Waals surface area contributed by atoms with Gasteiger partial charge in [0.25, 0.3) is 0 Å². The van der Waals surface area contributed by atoms with Crippen LogP contribution in [0, 0.1) is 23.2 Å². The zero-order chi connectivity index (χ0) is 23.5. The largest absolute Gasteiger partial charge is 0.367 e. The summed E-state index contributed by atoms with van der Waals surface area (Å²) in [6.45, 7) is 1.98. The van der Waals surface area contributed by atoms with E-state index in [0.717, 1.165) is 34.4 Å². The second kappa shape index (κ2) is 7.66. The van der Waals surface area contributed by atoms with E-state index in [9.17, 15) is 14.9 Å². The third kappa shape index (κ3) is 2.95. The van der Waals surface area contributed by atoms with E-state index in [1.165, 1.54) is 4.90 Å². The number of fused-ring (bicyclic) bond motifs is 6. The first-order valence-corrected chi connectivity index (χ1v) is 12.5. The summed E-state index contributed by atoms with van der Waals surface area (Å²) in [6.07, 6.45) is 4.00. The quantitative estimate of drug-likeness (QED) is 0.397. The van der Waals surface area contributed by atoms with Gasteiger partial charge in [0.2, 0.25) is 11.8 Å². The van der Waals surface area contributed by atoms with E-state index in [4.69, 9.17) is 4.74 Å². The van der Waals surface area contributed by atoms with Gasteiger partial charge in [-0.25, -0.2) is 9.88 Å². The highest BCUT2D eigenvalue weighted by Gasteiger charge is 2.73. The lowest BCUT2D eigenvalue weighted by Gasteiger charge is -2.31. The van der Waals surface area contributed by atoms with Crippen molar-refractivity contribution in [3.63, 3.8) is 0 Å². The summed E-state index contributed by atoms with van der Waals surface area (Å²) in [4.78, 5) is 33.4. The SMILES string of the molecule is CC12CCC(CCSc3ccccn3)(O1)C1C(=O)N(c3ccc(C#N)c4ccccc34)C(=O)C12. The number of nitrogens with zero attached hydrogens (tertiary/aromatic N) is 3. The number of hydrogen-bond donors (Lipinski definition) is 0. The van der Waals surface area contributed by atoms with Gasteiger partial charge in [0.15, 0.2) is 0 Å². The van der Waals surface area contributed by atoms with Crippen LogP contribution in [-0.4, -0.2) is 33.8 Å². The van der Waals surface area contributed by atoms with Gasteiger partial charge >= 0.3 is 0 Å². The fraction of sp³-hybridized carbons (Fsp3) is 0.333. The fourth-order valence-corrected chi connectivity index (χ4v) is 7.15. The average Bonchev–Trinajstić information content (AvgIpc) is 3.43. The zero-order valence-electron chi connectivity index (χ0n) is 18.7. The molecule has 0 radical (unpaired) electrons.